The highest BCUT2D eigenvalue weighted by atomic mass is 35.5. The van der Waals surface area contributed by atoms with Gasteiger partial charge in [-0.2, -0.15) is 4.98 Å². The summed E-state index contributed by atoms with van der Waals surface area (Å²) in [6.07, 6.45) is 4.67. The molecule has 16 nitrogen and oxygen atoms in total. The molecule has 65 heavy (non-hydrogen) atoms. The molecule has 4 aliphatic rings. The summed E-state index contributed by atoms with van der Waals surface area (Å²) in [5.41, 5.74) is 6.49. The number of anilines is 3. The topological polar surface area (TPSA) is 176 Å². The third-order valence-electron chi connectivity index (χ3n) is 12.8. The fourth-order valence-electron chi connectivity index (χ4n) is 9.20. The number of sulfonamides is 1. The van der Waals surface area contributed by atoms with E-state index in [1.807, 2.05) is 48.3 Å². The summed E-state index contributed by atoms with van der Waals surface area (Å²) >= 11 is 6.26. The molecular weight excluding hydrogens is 872 g/mol. The van der Waals surface area contributed by atoms with Crippen molar-refractivity contribution in [3.63, 3.8) is 0 Å². The molecule has 5 heterocycles. The number of rotatable bonds is 12. The number of ether oxygens (including phenoxy) is 3. The number of nitrogens with one attached hydrogen (secondary N) is 2. The molecule has 0 unspecified atom stereocenters. The Hall–Kier alpha value is -5.72. The van der Waals surface area contributed by atoms with Crippen molar-refractivity contribution in [2.75, 3.05) is 89.0 Å². The maximum atomic E-state index is 14.3. The summed E-state index contributed by atoms with van der Waals surface area (Å²) in [6.45, 7) is 11.2. The van der Waals surface area contributed by atoms with E-state index in [4.69, 9.17) is 25.8 Å². The average Bonchev–Trinajstić information content (AvgIpc) is 3.75. The molecule has 0 radical (unpaired) electrons. The molecule has 1 amide bonds. The number of aromatic nitrogens is 2. The lowest BCUT2D eigenvalue weighted by Crippen LogP contribution is -2.47. The smallest absolute Gasteiger partial charge is 0.312 e. The van der Waals surface area contributed by atoms with Crippen LogP contribution >= 0.6 is 11.6 Å². The number of fused-ring (bicyclic) bond motifs is 2. The third kappa shape index (κ3) is 9.80. The number of carbonyl (C=O) groups excluding carboxylic acids is 1. The van der Waals surface area contributed by atoms with Crippen molar-refractivity contribution in [1.82, 2.24) is 24.5 Å². The van der Waals surface area contributed by atoms with Crippen LogP contribution < -0.4 is 24.0 Å². The van der Waals surface area contributed by atoms with Crippen LogP contribution in [0.1, 0.15) is 49.0 Å². The second-order valence-electron chi connectivity index (χ2n) is 18.0. The highest BCUT2D eigenvalue weighted by Gasteiger charge is 2.32. The van der Waals surface area contributed by atoms with Crippen molar-refractivity contribution in [3.8, 4) is 11.6 Å². The van der Waals surface area contributed by atoms with Crippen molar-refractivity contribution in [1.29, 1.82) is 0 Å². The molecule has 0 saturated carbocycles. The van der Waals surface area contributed by atoms with Gasteiger partial charge < -0.3 is 33.9 Å². The van der Waals surface area contributed by atoms with E-state index in [9.17, 15) is 23.3 Å². The van der Waals surface area contributed by atoms with Gasteiger partial charge in [0.15, 0.2) is 5.75 Å². The number of morpholine rings is 1. The van der Waals surface area contributed by atoms with Crippen LogP contribution in [-0.2, 0) is 14.8 Å². The zero-order valence-electron chi connectivity index (χ0n) is 36.7. The molecule has 342 valence electrons. The van der Waals surface area contributed by atoms with Gasteiger partial charge in [-0.15, -0.1) is 0 Å². The minimum absolute atomic E-state index is 0.0428. The number of amides is 1. The molecule has 2 aromatic heterocycles. The van der Waals surface area contributed by atoms with Crippen molar-refractivity contribution >= 4 is 66.9 Å². The van der Waals surface area contributed by atoms with Crippen LogP contribution in [0.2, 0.25) is 5.02 Å². The molecule has 5 aromatic rings. The largest absolute Gasteiger partial charge is 0.484 e. The number of allylic oxidation sites excluding steroid dienone is 1. The van der Waals surface area contributed by atoms with E-state index in [-0.39, 0.29) is 36.0 Å². The Morgan fingerprint density at radius 1 is 1.00 bits per heavy atom. The van der Waals surface area contributed by atoms with Crippen molar-refractivity contribution in [2.24, 2.45) is 5.41 Å². The van der Waals surface area contributed by atoms with Crippen LogP contribution in [0.5, 0.6) is 11.6 Å². The van der Waals surface area contributed by atoms with E-state index in [0.29, 0.717) is 42.6 Å². The number of nitro groups is 1. The predicted molar refractivity (Wildman–Crippen MR) is 250 cm³/mol. The van der Waals surface area contributed by atoms with Gasteiger partial charge in [-0.05, 0) is 97.5 Å². The first kappa shape index (κ1) is 44.5. The molecule has 0 spiro atoms. The third-order valence-corrected chi connectivity index (χ3v) is 14.4. The van der Waals surface area contributed by atoms with Crippen LogP contribution in [0.4, 0.5) is 22.7 Å². The lowest BCUT2D eigenvalue weighted by Gasteiger charge is -2.39. The second-order valence-corrected chi connectivity index (χ2v) is 20.1. The fourth-order valence-corrected chi connectivity index (χ4v) is 10.3. The van der Waals surface area contributed by atoms with Gasteiger partial charge in [0.2, 0.25) is 5.88 Å². The molecule has 2 saturated heterocycles. The Morgan fingerprint density at radius 3 is 2.57 bits per heavy atom. The average molecular weight is 926 g/mol. The number of halogens is 1. The molecule has 9 rings (SSSR count). The zero-order chi connectivity index (χ0) is 45.5. The van der Waals surface area contributed by atoms with Gasteiger partial charge in [0.25, 0.3) is 15.9 Å². The summed E-state index contributed by atoms with van der Waals surface area (Å²) < 4.78 is 47.4. The van der Waals surface area contributed by atoms with Crippen molar-refractivity contribution in [3.05, 3.63) is 111 Å². The Labute approximate surface area is 383 Å². The molecular formula is C47H53ClN8O8S. The number of pyridine rings is 1. The SMILES string of the molecule is CN1CCO[C@@H](COc2ccc(S(=O)(=O)NC(=O)c3ccc(N4CCN(CC5=C(c6ccc(Cl)cc6)CC(C)(C)CC5)CC4)cc3N3CCOc4nc5[nH]ccc5cc43)cc2[N+](=O)[O-])C1. The maximum absolute atomic E-state index is 14.3. The quantitative estimate of drug-likeness (QED) is 0.0945. The van der Waals surface area contributed by atoms with Gasteiger partial charge in [0.05, 0.1) is 34.2 Å². The lowest BCUT2D eigenvalue weighted by molar-refractivity contribution is -0.386. The van der Waals surface area contributed by atoms with E-state index < -0.39 is 31.4 Å². The Bertz CT molecular complexity index is 2750. The molecule has 3 aliphatic heterocycles. The van der Waals surface area contributed by atoms with Gasteiger partial charge in [-0.25, -0.2) is 13.1 Å². The standard InChI is InChI=1S/C47H53ClN8O8S/c1-47(2)14-12-33(39(27-47)31-4-6-34(48)7-5-31)28-53-16-18-54(19-17-53)35-8-10-38(40(25-35)55-21-23-63-46-42(55)24-32-13-15-49-44(32)50-46)45(57)51-65(60,61)37-9-11-43(41(26-37)56(58)59)64-30-36-29-52(3)20-22-62-36/h4-11,13,15,24-26,36H,12,14,16-23,27-30H2,1-3H3,(H,49,50)(H,51,57)/t36-/m1/s1. The first-order chi connectivity index (χ1) is 31.2. The molecule has 0 bridgehead atoms. The van der Waals surface area contributed by atoms with Crippen LogP contribution in [0.3, 0.4) is 0 Å². The number of likely N-dealkylation sites (N-methyl/N-ethyl adjacent to an activating group) is 1. The van der Waals surface area contributed by atoms with Gasteiger partial charge in [-0.1, -0.05) is 43.2 Å². The van der Waals surface area contributed by atoms with Crippen LogP contribution in [0.25, 0.3) is 16.6 Å². The number of nitro benzene ring substituents is 1. The highest BCUT2D eigenvalue weighted by Crippen LogP contribution is 2.44. The number of aromatic amines is 1. The highest BCUT2D eigenvalue weighted by molar-refractivity contribution is 7.90. The van der Waals surface area contributed by atoms with Gasteiger partial charge in [-0.3, -0.25) is 19.8 Å². The summed E-state index contributed by atoms with van der Waals surface area (Å²) in [4.78, 5) is 41.9. The van der Waals surface area contributed by atoms with Gasteiger partial charge >= 0.3 is 5.69 Å². The molecule has 1 atom stereocenters. The minimum Gasteiger partial charge on any atom is -0.484 e. The van der Waals surface area contributed by atoms with E-state index in [2.05, 4.69) is 55.4 Å². The minimum atomic E-state index is -4.61. The lowest BCUT2D eigenvalue weighted by atomic mass is 9.72. The monoisotopic (exact) mass is 924 g/mol. The molecule has 1 aliphatic carbocycles. The Morgan fingerprint density at radius 2 is 1.80 bits per heavy atom. The van der Waals surface area contributed by atoms with Crippen molar-refractivity contribution in [2.45, 2.75) is 44.1 Å². The Kier molecular flexibility index (Phi) is 12.5. The molecule has 2 fully saturated rings. The van der Waals surface area contributed by atoms with Crippen LogP contribution in [0.15, 0.2) is 89.5 Å². The summed E-state index contributed by atoms with van der Waals surface area (Å²) in [7, 11) is -2.66. The number of hydrogen-bond acceptors (Lipinski definition) is 13. The first-order valence-corrected chi connectivity index (χ1v) is 23.8. The molecule has 18 heteroatoms. The number of nitrogens with zero attached hydrogens (tertiary/aromatic N) is 6. The first-order valence-electron chi connectivity index (χ1n) is 21.9. The summed E-state index contributed by atoms with van der Waals surface area (Å²) in [6, 6.07) is 20.7. The van der Waals surface area contributed by atoms with E-state index in [0.717, 1.165) is 80.7 Å². The van der Waals surface area contributed by atoms with E-state index in [1.165, 1.54) is 28.8 Å². The summed E-state index contributed by atoms with van der Waals surface area (Å²) in [5.74, 6) is -0.633. The van der Waals surface area contributed by atoms with E-state index >= 15 is 0 Å². The number of carbonyl (C=O) groups is 1. The van der Waals surface area contributed by atoms with E-state index in [1.54, 1.807) is 12.3 Å². The van der Waals surface area contributed by atoms with Gasteiger partial charge in [0, 0.05) is 74.2 Å². The number of benzene rings is 3. The molecule has 3 aromatic carbocycles. The summed E-state index contributed by atoms with van der Waals surface area (Å²) in [5, 5.41) is 13.7. The number of H-pyrrole nitrogens is 1. The predicted octanol–water partition coefficient (Wildman–Crippen LogP) is 7.27. The van der Waals surface area contributed by atoms with Crippen molar-refractivity contribution < 1.29 is 32.3 Å². The maximum Gasteiger partial charge on any atom is 0.312 e. The Balaban J connectivity index is 0.971. The normalized spacial score (nSPS) is 19.5. The molecule has 2 N–H and O–H groups in total. The van der Waals surface area contributed by atoms with Crippen LogP contribution in [0, 0.1) is 15.5 Å². The number of piperazine rings is 1. The van der Waals surface area contributed by atoms with Crippen LogP contribution in [-0.4, -0.2) is 124 Å². The van der Waals surface area contributed by atoms with Gasteiger partial charge in [0.1, 0.15) is 30.7 Å². The number of hydrogen-bond donors (Lipinski definition) is 2. The fraction of sp³-hybridized carbons (Fsp3) is 0.404. The second kappa shape index (κ2) is 18.3. The zero-order valence-corrected chi connectivity index (χ0v) is 38.3.